The Kier molecular flexibility index (Phi) is 2.73. The summed E-state index contributed by atoms with van der Waals surface area (Å²) in [7, 11) is 0. The van der Waals surface area contributed by atoms with Crippen LogP contribution in [0.3, 0.4) is 0 Å². The van der Waals surface area contributed by atoms with Gasteiger partial charge in [-0.3, -0.25) is 4.90 Å². The molecule has 0 amide bonds. The zero-order chi connectivity index (χ0) is 13.5. The summed E-state index contributed by atoms with van der Waals surface area (Å²) in [5.41, 5.74) is 7.65. The van der Waals surface area contributed by atoms with Crippen LogP contribution in [0.25, 0.3) is 10.9 Å². The molecule has 0 spiro atoms. The Morgan fingerprint density at radius 3 is 2.60 bits per heavy atom. The molecule has 2 heterocycles. The zero-order valence-electron chi connectivity index (χ0n) is 11.5. The zero-order valence-corrected chi connectivity index (χ0v) is 11.5. The molecule has 104 valence electrons. The highest BCUT2D eigenvalue weighted by atomic mass is 15.3. The Morgan fingerprint density at radius 1 is 1.05 bits per heavy atom. The van der Waals surface area contributed by atoms with Gasteiger partial charge in [-0.2, -0.15) is 0 Å². The molecule has 1 saturated carbocycles. The Labute approximate surface area is 118 Å². The van der Waals surface area contributed by atoms with Gasteiger partial charge in [0.2, 0.25) is 0 Å². The van der Waals surface area contributed by atoms with Gasteiger partial charge in [0.05, 0.1) is 5.52 Å². The third-order valence-electron chi connectivity index (χ3n) is 4.32. The second-order valence-corrected chi connectivity index (χ2v) is 5.73. The normalized spacial score (nSPS) is 20.5. The van der Waals surface area contributed by atoms with E-state index in [1.165, 1.54) is 12.8 Å². The highest BCUT2D eigenvalue weighted by Gasteiger charge is 2.31. The summed E-state index contributed by atoms with van der Waals surface area (Å²) >= 11 is 0. The van der Waals surface area contributed by atoms with E-state index in [1.807, 2.05) is 18.2 Å². The number of hydrogen-bond donors (Lipinski definition) is 1. The minimum atomic E-state index is 0.769. The molecule has 0 unspecified atom stereocenters. The van der Waals surface area contributed by atoms with Gasteiger partial charge in [-0.1, -0.05) is 0 Å². The maximum absolute atomic E-state index is 5.91. The number of benzene rings is 1. The molecule has 2 N–H and O–H groups in total. The van der Waals surface area contributed by atoms with Crippen molar-refractivity contribution in [1.29, 1.82) is 0 Å². The molecule has 5 nitrogen and oxygen atoms in total. The average molecular weight is 269 g/mol. The lowest BCUT2D eigenvalue weighted by Gasteiger charge is -2.35. The smallest absolute Gasteiger partial charge is 0.140 e. The van der Waals surface area contributed by atoms with E-state index in [2.05, 4.69) is 19.8 Å². The van der Waals surface area contributed by atoms with Crippen LogP contribution in [-0.4, -0.2) is 47.1 Å². The maximum atomic E-state index is 5.91. The molecular formula is C15H19N5. The number of fused-ring (bicyclic) bond motifs is 1. The van der Waals surface area contributed by atoms with Crippen LogP contribution < -0.4 is 10.6 Å². The third-order valence-corrected chi connectivity index (χ3v) is 4.32. The standard InChI is InChI=1S/C15H19N5/c16-11-1-4-14-13(9-11)15(18-10-17-14)20-7-5-19(6-8-20)12-2-3-12/h1,4,9-10,12H,2-3,5-8,16H2. The maximum Gasteiger partial charge on any atom is 0.140 e. The van der Waals surface area contributed by atoms with Crippen LogP contribution in [0.5, 0.6) is 0 Å². The molecular weight excluding hydrogens is 250 g/mol. The van der Waals surface area contributed by atoms with Gasteiger partial charge < -0.3 is 10.6 Å². The van der Waals surface area contributed by atoms with Gasteiger partial charge in [-0.05, 0) is 31.0 Å². The molecule has 2 aliphatic rings. The Bertz CT molecular complexity index is 629. The Morgan fingerprint density at radius 2 is 1.85 bits per heavy atom. The number of aromatic nitrogens is 2. The summed E-state index contributed by atoms with van der Waals surface area (Å²) in [5.74, 6) is 1.03. The molecule has 1 saturated heterocycles. The van der Waals surface area contributed by atoms with Crippen LogP contribution in [0.15, 0.2) is 24.5 Å². The van der Waals surface area contributed by atoms with E-state index in [9.17, 15) is 0 Å². The lowest BCUT2D eigenvalue weighted by Crippen LogP contribution is -2.47. The number of nitrogen functional groups attached to an aromatic ring is 1. The average Bonchev–Trinajstić information content (AvgIpc) is 3.31. The fourth-order valence-corrected chi connectivity index (χ4v) is 3.05. The van der Waals surface area contributed by atoms with E-state index in [-0.39, 0.29) is 0 Å². The van der Waals surface area contributed by atoms with Crippen molar-refractivity contribution in [2.24, 2.45) is 0 Å². The number of nitrogens with two attached hydrogens (primary N) is 1. The van der Waals surface area contributed by atoms with Crippen LogP contribution in [0.2, 0.25) is 0 Å². The summed E-state index contributed by atoms with van der Waals surface area (Å²) in [6, 6.07) is 6.70. The Balaban J connectivity index is 1.63. The summed E-state index contributed by atoms with van der Waals surface area (Å²) in [6.07, 6.45) is 4.42. The monoisotopic (exact) mass is 269 g/mol. The van der Waals surface area contributed by atoms with Gasteiger partial charge in [0.25, 0.3) is 0 Å². The second kappa shape index (κ2) is 4.59. The molecule has 0 atom stereocenters. The van der Waals surface area contributed by atoms with Crippen LogP contribution in [0.4, 0.5) is 11.5 Å². The van der Waals surface area contributed by atoms with Gasteiger partial charge in [-0.15, -0.1) is 0 Å². The van der Waals surface area contributed by atoms with Crippen molar-refractivity contribution in [2.45, 2.75) is 18.9 Å². The lowest BCUT2D eigenvalue weighted by molar-refractivity contribution is 0.248. The molecule has 2 aromatic rings. The van der Waals surface area contributed by atoms with Crippen molar-refractivity contribution in [3.05, 3.63) is 24.5 Å². The Hall–Kier alpha value is -1.88. The van der Waals surface area contributed by atoms with E-state index in [1.54, 1.807) is 6.33 Å². The van der Waals surface area contributed by atoms with Crippen molar-refractivity contribution < 1.29 is 0 Å². The van der Waals surface area contributed by atoms with Crippen molar-refractivity contribution in [3.63, 3.8) is 0 Å². The second-order valence-electron chi connectivity index (χ2n) is 5.73. The first kappa shape index (κ1) is 11.9. The van der Waals surface area contributed by atoms with Crippen LogP contribution in [0.1, 0.15) is 12.8 Å². The number of nitrogens with zero attached hydrogens (tertiary/aromatic N) is 4. The van der Waals surface area contributed by atoms with Crippen LogP contribution >= 0.6 is 0 Å². The minimum Gasteiger partial charge on any atom is -0.399 e. The molecule has 1 aliphatic heterocycles. The SMILES string of the molecule is Nc1ccc2ncnc(N3CCN(C4CC4)CC3)c2c1. The van der Waals surface area contributed by atoms with Crippen molar-refractivity contribution in [3.8, 4) is 0 Å². The predicted molar refractivity (Wildman–Crippen MR) is 80.8 cm³/mol. The molecule has 1 aromatic carbocycles. The number of piperazine rings is 1. The molecule has 0 radical (unpaired) electrons. The molecule has 5 heteroatoms. The minimum absolute atomic E-state index is 0.769. The van der Waals surface area contributed by atoms with Crippen LogP contribution in [-0.2, 0) is 0 Å². The topological polar surface area (TPSA) is 58.3 Å². The molecule has 0 bridgehead atoms. The van der Waals surface area contributed by atoms with Crippen molar-refractivity contribution in [1.82, 2.24) is 14.9 Å². The first-order chi connectivity index (χ1) is 9.81. The molecule has 4 rings (SSSR count). The van der Waals surface area contributed by atoms with Gasteiger partial charge in [0.1, 0.15) is 12.1 Å². The quantitative estimate of drug-likeness (QED) is 0.837. The van der Waals surface area contributed by atoms with Gasteiger partial charge in [0, 0.05) is 43.3 Å². The fourth-order valence-electron chi connectivity index (χ4n) is 3.05. The lowest BCUT2D eigenvalue weighted by atomic mass is 10.2. The van der Waals surface area contributed by atoms with E-state index in [0.717, 1.165) is 54.6 Å². The number of hydrogen-bond acceptors (Lipinski definition) is 5. The van der Waals surface area contributed by atoms with E-state index in [0.29, 0.717) is 0 Å². The summed E-state index contributed by atoms with van der Waals surface area (Å²) in [6.45, 7) is 4.35. The van der Waals surface area contributed by atoms with Crippen molar-refractivity contribution >= 4 is 22.4 Å². The van der Waals surface area contributed by atoms with E-state index in [4.69, 9.17) is 5.73 Å². The highest BCUT2D eigenvalue weighted by Crippen LogP contribution is 2.30. The van der Waals surface area contributed by atoms with E-state index < -0.39 is 0 Å². The summed E-state index contributed by atoms with van der Waals surface area (Å²) in [5, 5.41) is 1.06. The van der Waals surface area contributed by atoms with Crippen LogP contribution in [0, 0.1) is 0 Å². The fraction of sp³-hybridized carbons (Fsp3) is 0.467. The molecule has 1 aliphatic carbocycles. The predicted octanol–water partition coefficient (Wildman–Crippen LogP) is 1.50. The summed E-state index contributed by atoms with van der Waals surface area (Å²) < 4.78 is 0. The van der Waals surface area contributed by atoms with E-state index >= 15 is 0 Å². The molecule has 1 aromatic heterocycles. The van der Waals surface area contributed by atoms with Gasteiger partial charge in [-0.25, -0.2) is 9.97 Å². The molecule has 20 heavy (non-hydrogen) atoms. The highest BCUT2D eigenvalue weighted by molar-refractivity contribution is 5.91. The van der Waals surface area contributed by atoms with Gasteiger partial charge >= 0.3 is 0 Å². The largest absolute Gasteiger partial charge is 0.399 e. The number of rotatable bonds is 2. The number of anilines is 2. The van der Waals surface area contributed by atoms with Gasteiger partial charge in [0.15, 0.2) is 0 Å². The molecule has 2 fully saturated rings. The third kappa shape index (κ3) is 2.08. The first-order valence-electron chi connectivity index (χ1n) is 7.30. The first-order valence-corrected chi connectivity index (χ1v) is 7.30. The summed E-state index contributed by atoms with van der Waals surface area (Å²) in [4.78, 5) is 13.8. The van der Waals surface area contributed by atoms with Crippen molar-refractivity contribution in [2.75, 3.05) is 36.8 Å².